The maximum atomic E-state index is 12.1. The Bertz CT molecular complexity index is 578. The first kappa shape index (κ1) is 15.4. The van der Waals surface area contributed by atoms with Gasteiger partial charge < -0.3 is 20.1 Å². The van der Waals surface area contributed by atoms with E-state index < -0.39 is 11.4 Å². The van der Waals surface area contributed by atoms with E-state index in [2.05, 4.69) is 5.32 Å². The summed E-state index contributed by atoms with van der Waals surface area (Å²) in [5.74, 6) is -0.361. The van der Waals surface area contributed by atoms with Gasteiger partial charge in [0.15, 0.2) is 0 Å². The van der Waals surface area contributed by atoms with Crippen LogP contribution in [0.1, 0.15) is 13.3 Å². The molecule has 1 aromatic rings. The SMILES string of the molecule is COc1ccc(NC(=O)N2CCC(C)(C(=O)O)C2)cc1Cl. The van der Waals surface area contributed by atoms with Crippen molar-refractivity contribution in [3.63, 3.8) is 0 Å². The molecule has 1 aliphatic rings. The second kappa shape index (κ2) is 5.81. The van der Waals surface area contributed by atoms with Crippen LogP contribution < -0.4 is 10.1 Å². The average Bonchev–Trinajstić information content (AvgIpc) is 2.83. The summed E-state index contributed by atoms with van der Waals surface area (Å²) in [4.78, 5) is 24.8. The highest BCUT2D eigenvalue weighted by Gasteiger charge is 2.42. The zero-order chi connectivity index (χ0) is 15.6. The van der Waals surface area contributed by atoms with E-state index in [1.54, 1.807) is 25.1 Å². The molecule has 0 radical (unpaired) electrons. The van der Waals surface area contributed by atoms with Crippen LogP contribution in [-0.4, -0.2) is 42.2 Å². The number of nitrogens with zero attached hydrogens (tertiary/aromatic N) is 1. The van der Waals surface area contributed by atoms with Gasteiger partial charge in [-0.3, -0.25) is 4.79 Å². The molecule has 2 amide bonds. The molecule has 0 aromatic heterocycles. The highest BCUT2D eigenvalue weighted by molar-refractivity contribution is 6.32. The van der Waals surface area contributed by atoms with Crippen molar-refractivity contribution in [2.75, 3.05) is 25.5 Å². The molecule has 0 bridgehead atoms. The van der Waals surface area contributed by atoms with Crippen LogP contribution in [0.3, 0.4) is 0 Å². The Morgan fingerprint density at radius 2 is 2.19 bits per heavy atom. The van der Waals surface area contributed by atoms with Crippen LogP contribution in [0.4, 0.5) is 10.5 Å². The summed E-state index contributed by atoms with van der Waals surface area (Å²) >= 11 is 5.99. The van der Waals surface area contributed by atoms with E-state index in [0.29, 0.717) is 29.4 Å². The van der Waals surface area contributed by atoms with E-state index in [1.807, 2.05) is 0 Å². The molecule has 114 valence electrons. The Labute approximate surface area is 127 Å². The zero-order valence-corrected chi connectivity index (χ0v) is 12.6. The predicted molar refractivity (Wildman–Crippen MR) is 79.0 cm³/mol. The summed E-state index contributed by atoms with van der Waals surface area (Å²) in [6, 6.07) is 4.59. The van der Waals surface area contributed by atoms with Gasteiger partial charge in [0.2, 0.25) is 0 Å². The monoisotopic (exact) mass is 312 g/mol. The summed E-state index contributed by atoms with van der Waals surface area (Å²) in [5, 5.41) is 12.3. The molecule has 1 heterocycles. The first-order valence-electron chi connectivity index (χ1n) is 6.48. The fourth-order valence-corrected chi connectivity index (χ4v) is 2.51. The molecule has 1 atom stereocenters. The molecule has 2 N–H and O–H groups in total. The molecule has 7 heteroatoms. The van der Waals surface area contributed by atoms with Crippen molar-refractivity contribution in [3.05, 3.63) is 23.2 Å². The van der Waals surface area contributed by atoms with Crippen LogP contribution >= 0.6 is 11.6 Å². The fraction of sp³-hybridized carbons (Fsp3) is 0.429. The van der Waals surface area contributed by atoms with E-state index in [0.717, 1.165) is 0 Å². The second-order valence-corrected chi connectivity index (χ2v) is 5.72. The maximum Gasteiger partial charge on any atom is 0.321 e. The molecule has 1 aliphatic heterocycles. The molecule has 2 rings (SSSR count). The number of halogens is 1. The van der Waals surface area contributed by atoms with Gasteiger partial charge in [0.1, 0.15) is 5.75 Å². The number of benzene rings is 1. The predicted octanol–water partition coefficient (Wildman–Crippen LogP) is 2.68. The van der Waals surface area contributed by atoms with E-state index in [9.17, 15) is 9.59 Å². The number of amides is 2. The number of likely N-dealkylation sites (tertiary alicyclic amines) is 1. The summed E-state index contributed by atoms with van der Waals surface area (Å²) in [6.45, 7) is 2.25. The molecule has 1 fully saturated rings. The van der Waals surface area contributed by atoms with Crippen molar-refractivity contribution < 1.29 is 19.4 Å². The van der Waals surface area contributed by atoms with Gasteiger partial charge in [0.05, 0.1) is 17.5 Å². The first-order chi connectivity index (χ1) is 9.85. The summed E-state index contributed by atoms with van der Waals surface area (Å²) in [6.07, 6.45) is 0.444. The lowest BCUT2D eigenvalue weighted by atomic mass is 9.90. The number of aliphatic carboxylic acids is 1. The van der Waals surface area contributed by atoms with Gasteiger partial charge in [0, 0.05) is 18.8 Å². The smallest absolute Gasteiger partial charge is 0.321 e. The topological polar surface area (TPSA) is 78.9 Å². The number of rotatable bonds is 3. The first-order valence-corrected chi connectivity index (χ1v) is 6.86. The molecular weight excluding hydrogens is 296 g/mol. The van der Waals surface area contributed by atoms with Gasteiger partial charge in [-0.15, -0.1) is 0 Å². The third-order valence-corrected chi connectivity index (χ3v) is 3.98. The quantitative estimate of drug-likeness (QED) is 0.899. The zero-order valence-electron chi connectivity index (χ0n) is 11.9. The van der Waals surface area contributed by atoms with Gasteiger partial charge in [-0.05, 0) is 31.5 Å². The van der Waals surface area contributed by atoms with Crippen molar-refractivity contribution in [2.45, 2.75) is 13.3 Å². The number of hydrogen-bond donors (Lipinski definition) is 2. The average molecular weight is 313 g/mol. The van der Waals surface area contributed by atoms with Crippen LogP contribution in [0.2, 0.25) is 5.02 Å². The van der Waals surface area contributed by atoms with Crippen LogP contribution in [0, 0.1) is 5.41 Å². The van der Waals surface area contributed by atoms with E-state index >= 15 is 0 Å². The number of carbonyl (C=O) groups excluding carboxylic acids is 1. The molecule has 1 aromatic carbocycles. The number of anilines is 1. The highest BCUT2D eigenvalue weighted by atomic mass is 35.5. The van der Waals surface area contributed by atoms with Crippen molar-refractivity contribution in [1.82, 2.24) is 4.90 Å². The minimum Gasteiger partial charge on any atom is -0.495 e. The maximum absolute atomic E-state index is 12.1. The van der Waals surface area contributed by atoms with Gasteiger partial charge in [-0.25, -0.2) is 4.79 Å². The van der Waals surface area contributed by atoms with Crippen molar-refractivity contribution in [1.29, 1.82) is 0 Å². The Kier molecular flexibility index (Phi) is 4.27. The number of methoxy groups -OCH3 is 1. The number of ether oxygens (including phenoxy) is 1. The van der Waals surface area contributed by atoms with E-state index in [4.69, 9.17) is 21.4 Å². The molecule has 1 unspecified atom stereocenters. The summed E-state index contributed by atoms with van der Waals surface area (Å²) in [7, 11) is 1.51. The lowest BCUT2D eigenvalue weighted by Gasteiger charge is -2.20. The van der Waals surface area contributed by atoms with Crippen LogP contribution in [0.15, 0.2) is 18.2 Å². The van der Waals surface area contributed by atoms with Crippen LogP contribution in [-0.2, 0) is 4.79 Å². The molecule has 0 aliphatic carbocycles. The van der Waals surface area contributed by atoms with Crippen LogP contribution in [0.5, 0.6) is 5.75 Å². The van der Waals surface area contributed by atoms with Crippen molar-refractivity contribution >= 4 is 29.3 Å². The Morgan fingerprint density at radius 1 is 1.48 bits per heavy atom. The lowest BCUT2D eigenvalue weighted by molar-refractivity contribution is -0.146. The fourth-order valence-electron chi connectivity index (χ4n) is 2.26. The second-order valence-electron chi connectivity index (χ2n) is 5.32. The molecule has 6 nitrogen and oxygen atoms in total. The number of hydrogen-bond acceptors (Lipinski definition) is 3. The normalized spacial score (nSPS) is 21.2. The Balaban J connectivity index is 2.03. The van der Waals surface area contributed by atoms with Crippen molar-refractivity contribution in [3.8, 4) is 5.75 Å². The lowest BCUT2D eigenvalue weighted by Crippen LogP contribution is -2.37. The number of urea groups is 1. The van der Waals surface area contributed by atoms with Crippen LogP contribution in [0.25, 0.3) is 0 Å². The number of carbonyl (C=O) groups is 2. The largest absolute Gasteiger partial charge is 0.495 e. The summed E-state index contributed by atoms with van der Waals surface area (Å²) in [5.41, 5.74) is -0.343. The third-order valence-electron chi connectivity index (χ3n) is 3.68. The number of carboxylic acid groups (broad SMARTS) is 1. The van der Waals surface area contributed by atoms with Gasteiger partial charge in [-0.2, -0.15) is 0 Å². The van der Waals surface area contributed by atoms with E-state index in [-0.39, 0.29) is 12.6 Å². The van der Waals surface area contributed by atoms with Crippen molar-refractivity contribution in [2.24, 2.45) is 5.41 Å². The molecule has 21 heavy (non-hydrogen) atoms. The van der Waals surface area contributed by atoms with Gasteiger partial charge in [0.25, 0.3) is 0 Å². The van der Waals surface area contributed by atoms with E-state index in [1.165, 1.54) is 12.0 Å². The molecule has 0 saturated carbocycles. The standard InChI is InChI=1S/C14H17ClN2O4/c1-14(12(18)19)5-6-17(8-14)13(20)16-9-3-4-11(21-2)10(15)7-9/h3-4,7H,5-6,8H2,1-2H3,(H,16,20)(H,18,19). The molecular formula is C14H17ClN2O4. The minimum absolute atomic E-state index is 0.193. The number of carboxylic acids is 1. The molecule has 1 saturated heterocycles. The Morgan fingerprint density at radius 3 is 2.71 bits per heavy atom. The van der Waals surface area contributed by atoms with Gasteiger partial charge >= 0.3 is 12.0 Å². The third kappa shape index (κ3) is 3.21. The van der Waals surface area contributed by atoms with Gasteiger partial charge in [-0.1, -0.05) is 11.6 Å². The number of nitrogens with one attached hydrogen (secondary N) is 1. The Hall–Kier alpha value is -1.95. The minimum atomic E-state index is -0.884. The highest BCUT2D eigenvalue weighted by Crippen LogP contribution is 2.31. The molecule has 0 spiro atoms. The summed E-state index contributed by atoms with van der Waals surface area (Å²) < 4.78 is 5.04.